The van der Waals surface area contributed by atoms with E-state index in [9.17, 15) is 14.4 Å². The number of benzene rings is 3. The van der Waals surface area contributed by atoms with Crippen LogP contribution in [0.25, 0.3) is 6.08 Å². The molecule has 2 aliphatic rings. The third-order valence-corrected chi connectivity index (χ3v) is 9.95. The fourth-order valence-electron chi connectivity index (χ4n) is 7.22. The average molecular weight is 635 g/mol. The van der Waals surface area contributed by atoms with E-state index in [-0.39, 0.29) is 35.4 Å². The van der Waals surface area contributed by atoms with Gasteiger partial charge in [-0.2, -0.15) is 0 Å². The Morgan fingerprint density at radius 3 is 2.26 bits per heavy atom. The molecule has 0 radical (unpaired) electrons. The number of nitrogens with zero attached hydrogens (tertiary/aromatic N) is 1. The quantitative estimate of drug-likeness (QED) is 0.147. The molecule has 3 N–H and O–H groups in total. The van der Waals surface area contributed by atoms with Gasteiger partial charge in [0.1, 0.15) is 0 Å². The van der Waals surface area contributed by atoms with Gasteiger partial charge < -0.3 is 20.9 Å². The summed E-state index contributed by atoms with van der Waals surface area (Å²) in [6.07, 6.45) is 12.8. The van der Waals surface area contributed by atoms with E-state index >= 15 is 0 Å². The highest BCUT2D eigenvalue weighted by Crippen LogP contribution is 2.33. The first-order valence-corrected chi connectivity index (χ1v) is 17.3. The number of nitrogens with one attached hydrogen (secondary N) is 3. The maximum Gasteiger partial charge on any atom is 0.244 e. The summed E-state index contributed by atoms with van der Waals surface area (Å²) in [5.74, 6) is 0.00668. The molecule has 0 spiro atoms. The van der Waals surface area contributed by atoms with Crippen molar-refractivity contribution in [3.05, 3.63) is 113 Å². The lowest BCUT2D eigenvalue weighted by molar-refractivity contribution is -0.133. The molecule has 1 heterocycles. The van der Waals surface area contributed by atoms with Crippen molar-refractivity contribution in [2.24, 2.45) is 0 Å². The van der Waals surface area contributed by atoms with Crippen LogP contribution in [-0.4, -0.2) is 60.4 Å². The van der Waals surface area contributed by atoms with E-state index in [1.54, 1.807) is 6.08 Å². The van der Waals surface area contributed by atoms with Gasteiger partial charge in [0.05, 0.1) is 6.04 Å². The molecule has 2 fully saturated rings. The van der Waals surface area contributed by atoms with Crippen molar-refractivity contribution in [3.8, 4) is 0 Å². The van der Waals surface area contributed by atoms with E-state index in [4.69, 9.17) is 0 Å². The molecule has 5 rings (SSSR count). The average Bonchev–Trinajstić information content (AvgIpc) is 3.25. The molecule has 3 aromatic rings. The topological polar surface area (TPSA) is 90.5 Å². The van der Waals surface area contributed by atoms with Gasteiger partial charge in [-0.3, -0.25) is 14.4 Å². The second kappa shape index (κ2) is 17.1. The smallest absolute Gasteiger partial charge is 0.244 e. The maximum absolute atomic E-state index is 14.3. The molecule has 47 heavy (non-hydrogen) atoms. The van der Waals surface area contributed by atoms with Crippen molar-refractivity contribution < 1.29 is 14.4 Å². The molecule has 2 atom stereocenters. The van der Waals surface area contributed by atoms with Crippen LogP contribution < -0.4 is 16.0 Å². The summed E-state index contributed by atoms with van der Waals surface area (Å²) in [5, 5.41) is 9.86. The van der Waals surface area contributed by atoms with Crippen LogP contribution in [-0.2, 0) is 14.4 Å². The van der Waals surface area contributed by atoms with Gasteiger partial charge in [-0.25, -0.2) is 0 Å². The molecule has 0 bridgehead atoms. The third-order valence-electron chi connectivity index (χ3n) is 9.95. The lowest BCUT2D eigenvalue weighted by Gasteiger charge is -2.37. The van der Waals surface area contributed by atoms with Crippen LogP contribution in [0.5, 0.6) is 0 Å². The first kappa shape index (κ1) is 34.1. The molecule has 7 heteroatoms. The van der Waals surface area contributed by atoms with Gasteiger partial charge in [0.15, 0.2) is 0 Å². The van der Waals surface area contributed by atoms with Crippen molar-refractivity contribution in [2.75, 3.05) is 19.6 Å². The lowest BCUT2D eigenvalue weighted by atomic mass is 9.78. The molecule has 0 aromatic heterocycles. The fraction of sp³-hybridized carbons (Fsp3) is 0.425. The van der Waals surface area contributed by atoms with Gasteiger partial charge in [0.25, 0.3) is 0 Å². The van der Waals surface area contributed by atoms with Crippen molar-refractivity contribution >= 4 is 24.3 Å². The molecule has 1 aliphatic carbocycles. The van der Waals surface area contributed by atoms with Gasteiger partial charge in [0.2, 0.25) is 18.2 Å². The monoisotopic (exact) mass is 634 g/mol. The van der Waals surface area contributed by atoms with Crippen LogP contribution in [0.3, 0.4) is 0 Å². The molecule has 1 saturated heterocycles. The highest BCUT2D eigenvalue weighted by Gasteiger charge is 2.35. The molecule has 7 nitrogen and oxygen atoms in total. The maximum atomic E-state index is 14.3. The summed E-state index contributed by atoms with van der Waals surface area (Å²) in [6.45, 7) is 3.67. The van der Waals surface area contributed by atoms with E-state index in [0.717, 1.165) is 56.9 Å². The number of carbonyl (C=O) groups excluding carboxylic acids is 3. The van der Waals surface area contributed by atoms with Crippen LogP contribution in [0.15, 0.2) is 91.0 Å². The summed E-state index contributed by atoms with van der Waals surface area (Å²) in [7, 11) is 0. The van der Waals surface area contributed by atoms with Crippen molar-refractivity contribution in [1.82, 2.24) is 20.9 Å². The number of rotatable bonds is 14. The molecule has 1 saturated carbocycles. The second-order valence-corrected chi connectivity index (χ2v) is 13.3. The molecular formula is C40H50N4O3. The van der Waals surface area contributed by atoms with Crippen molar-refractivity contribution in [3.63, 3.8) is 0 Å². The minimum Gasteiger partial charge on any atom is -0.353 e. The summed E-state index contributed by atoms with van der Waals surface area (Å²) in [5.41, 5.74) is 4.35. The Hall–Kier alpha value is -4.23. The summed E-state index contributed by atoms with van der Waals surface area (Å²) in [6, 6.07) is 28.5. The Labute approximate surface area is 280 Å². The lowest BCUT2D eigenvalue weighted by Crippen LogP contribution is -2.50. The number of aryl methyl sites for hydroxylation is 1. The number of carbonyl (C=O) groups is 3. The molecular weight excluding hydrogens is 584 g/mol. The van der Waals surface area contributed by atoms with Crippen molar-refractivity contribution in [1.29, 1.82) is 0 Å². The summed E-state index contributed by atoms with van der Waals surface area (Å²) >= 11 is 0. The zero-order chi connectivity index (χ0) is 32.9. The minimum atomic E-state index is -0.369. The standard InChI is InChI=1S/C40H50N4O3/c1-31-17-19-32(20-18-31)21-22-38(46)41-28-35-23-27-44(29-36(33-12-5-2-6-13-33)34-14-7-3-8-15-34)39(47)37(43-35)16-11-26-40(42-30-45)24-9-4-10-25-40/h2-3,5-8,12-15,17-22,30,35-37,43H,4,9-11,16,23-29H2,1H3,(H,41,46)(H,42,45)/b22-21+/t35-,37-/m0/s1. The Kier molecular flexibility index (Phi) is 12.4. The van der Waals surface area contributed by atoms with Crippen LogP contribution in [0.2, 0.25) is 0 Å². The molecule has 1 aliphatic heterocycles. The second-order valence-electron chi connectivity index (χ2n) is 13.3. The Balaban J connectivity index is 1.29. The summed E-state index contributed by atoms with van der Waals surface area (Å²) < 4.78 is 0. The first-order valence-electron chi connectivity index (χ1n) is 17.3. The van der Waals surface area contributed by atoms with E-state index in [1.807, 2.05) is 54.3 Å². The highest BCUT2D eigenvalue weighted by atomic mass is 16.2. The molecule has 3 aromatic carbocycles. The number of hydrogen-bond donors (Lipinski definition) is 3. The zero-order valence-electron chi connectivity index (χ0n) is 27.7. The van der Waals surface area contributed by atoms with E-state index in [2.05, 4.69) is 64.5 Å². The normalized spacial score (nSPS) is 19.8. The largest absolute Gasteiger partial charge is 0.353 e. The SMILES string of the molecule is Cc1ccc(/C=C/C(=O)NC[C@@H]2CCN(CC(c3ccccc3)c3ccccc3)C(=O)[C@H](CCCC3(NC=O)CCCCC3)N2)cc1. The highest BCUT2D eigenvalue weighted by molar-refractivity contribution is 5.91. The van der Waals surface area contributed by atoms with Crippen LogP contribution in [0.4, 0.5) is 0 Å². The van der Waals surface area contributed by atoms with Gasteiger partial charge in [-0.15, -0.1) is 0 Å². The van der Waals surface area contributed by atoms with E-state index in [0.29, 0.717) is 26.1 Å². The molecule has 248 valence electrons. The zero-order valence-corrected chi connectivity index (χ0v) is 27.7. The predicted octanol–water partition coefficient (Wildman–Crippen LogP) is 6.13. The Morgan fingerprint density at radius 2 is 1.62 bits per heavy atom. The van der Waals surface area contributed by atoms with Crippen LogP contribution in [0, 0.1) is 6.92 Å². The van der Waals surface area contributed by atoms with E-state index < -0.39 is 0 Å². The van der Waals surface area contributed by atoms with Gasteiger partial charge in [-0.1, -0.05) is 110 Å². The van der Waals surface area contributed by atoms with Crippen LogP contribution >= 0.6 is 0 Å². The number of amides is 3. The Bertz CT molecular complexity index is 1410. The molecule has 3 amide bonds. The van der Waals surface area contributed by atoms with Gasteiger partial charge in [-0.05, 0) is 68.2 Å². The van der Waals surface area contributed by atoms with Crippen molar-refractivity contribution in [2.45, 2.75) is 88.3 Å². The fourth-order valence-corrected chi connectivity index (χ4v) is 7.22. The summed E-state index contributed by atoms with van der Waals surface area (Å²) in [4.78, 5) is 40.6. The predicted molar refractivity (Wildman–Crippen MR) is 189 cm³/mol. The van der Waals surface area contributed by atoms with Gasteiger partial charge in [0, 0.05) is 43.2 Å². The van der Waals surface area contributed by atoms with Gasteiger partial charge >= 0.3 is 0 Å². The minimum absolute atomic E-state index is 0.0469. The Morgan fingerprint density at radius 1 is 0.957 bits per heavy atom. The van der Waals surface area contributed by atoms with E-state index in [1.165, 1.54) is 23.1 Å². The number of hydrogen-bond acceptors (Lipinski definition) is 4. The van der Waals surface area contributed by atoms with Crippen LogP contribution in [0.1, 0.15) is 86.0 Å². The first-order chi connectivity index (χ1) is 22.9. The molecule has 0 unspecified atom stereocenters. The third kappa shape index (κ3) is 9.88.